The average Bonchev–Trinajstić information content (AvgIpc) is 2.69. The van der Waals surface area contributed by atoms with Gasteiger partial charge in [0.25, 0.3) is 5.91 Å². The van der Waals surface area contributed by atoms with Crippen molar-refractivity contribution in [1.29, 1.82) is 0 Å². The second-order valence-corrected chi connectivity index (χ2v) is 6.82. The van der Waals surface area contributed by atoms with Gasteiger partial charge in [-0.05, 0) is 74.4 Å². The fourth-order valence-corrected chi connectivity index (χ4v) is 3.44. The first-order chi connectivity index (χ1) is 13.0. The Labute approximate surface area is 159 Å². The van der Waals surface area contributed by atoms with Gasteiger partial charge in [-0.15, -0.1) is 0 Å². The Morgan fingerprint density at radius 3 is 2.59 bits per heavy atom. The molecule has 0 aromatic heterocycles. The molecule has 0 saturated heterocycles. The molecule has 0 unspecified atom stereocenters. The third kappa shape index (κ3) is 4.13. The SMILES string of the molecule is COC(=O)c1cccc(NC(=O)[C@H](C)Oc2cccc3c2CCCC3)c1C. The van der Waals surface area contributed by atoms with Gasteiger partial charge in [0.1, 0.15) is 5.75 Å². The van der Waals surface area contributed by atoms with E-state index in [-0.39, 0.29) is 5.91 Å². The maximum atomic E-state index is 12.6. The zero-order valence-corrected chi connectivity index (χ0v) is 16.0. The van der Waals surface area contributed by atoms with Gasteiger partial charge in [-0.1, -0.05) is 18.2 Å². The van der Waals surface area contributed by atoms with Crippen molar-refractivity contribution < 1.29 is 19.1 Å². The molecule has 142 valence electrons. The lowest BCUT2D eigenvalue weighted by Gasteiger charge is -2.22. The largest absolute Gasteiger partial charge is 0.481 e. The number of hydrogen-bond donors (Lipinski definition) is 1. The number of carbonyl (C=O) groups excluding carboxylic acids is 2. The van der Waals surface area contributed by atoms with Gasteiger partial charge >= 0.3 is 5.97 Å². The maximum absolute atomic E-state index is 12.6. The molecule has 0 radical (unpaired) electrons. The first-order valence-electron chi connectivity index (χ1n) is 9.27. The molecule has 5 nitrogen and oxygen atoms in total. The number of aryl methyl sites for hydroxylation is 1. The van der Waals surface area contributed by atoms with Gasteiger partial charge < -0.3 is 14.8 Å². The molecule has 3 rings (SSSR count). The lowest BCUT2D eigenvalue weighted by molar-refractivity contribution is -0.122. The second kappa shape index (κ2) is 8.25. The zero-order chi connectivity index (χ0) is 19.4. The summed E-state index contributed by atoms with van der Waals surface area (Å²) in [5.41, 5.74) is 4.21. The minimum atomic E-state index is -0.653. The van der Waals surface area contributed by atoms with Gasteiger partial charge in [0.2, 0.25) is 0 Å². The number of anilines is 1. The van der Waals surface area contributed by atoms with Gasteiger partial charge in [0, 0.05) is 5.69 Å². The number of esters is 1. The van der Waals surface area contributed by atoms with Crippen molar-refractivity contribution in [3.05, 3.63) is 58.7 Å². The van der Waals surface area contributed by atoms with Crippen LogP contribution in [0.5, 0.6) is 5.75 Å². The van der Waals surface area contributed by atoms with Crippen LogP contribution in [-0.4, -0.2) is 25.1 Å². The van der Waals surface area contributed by atoms with Crippen LogP contribution in [0.25, 0.3) is 0 Å². The summed E-state index contributed by atoms with van der Waals surface area (Å²) in [5.74, 6) is 0.104. The van der Waals surface area contributed by atoms with E-state index in [0.29, 0.717) is 16.8 Å². The Morgan fingerprint density at radius 2 is 1.81 bits per heavy atom. The third-order valence-electron chi connectivity index (χ3n) is 5.02. The summed E-state index contributed by atoms with van der Waals surface area (Å²) in [4.78, 5) is 24.5. The van der Waals surface area contributed by atoms with Crippen molar-refractivity contribution in [2.45, 2.75) is 45.6 Å². The van der Waals surface area contributed by atoms with E-state index < -0.39 is 12.1 Å². The Kier molecular flexibility index (Phi) is 5.79. The van der Waals surface area contributed by atoms with Crippen LogP contribution < -0.4 is 10.1 Å². The molecule has 0 aliphatic heterocycles. The van der Waals surface area contributed by atoms with Gasteiger partial charge in [-0.3, -0.25) is 4.79 Å². The summed E-state index contributed by atoms with van der Waals surface area (Å²) in [6.07, 6.45) is 3.74. The van der Waals surface area contributed by atoms with E-state index in [2.05, 4.69) is 11.4 Å². The van der Waals surface area contributed by atoms with Crippen LogP contribution in [-0.2, 0) is 22.4 Å². The fraction of sp³-hybridized carbons (Fsp3) is 0.364. The quantitative estimate of drug-likeness (QED) is 0.809. The molecule has 27 heavy (non-hydrogen) atoms. The molecule has 2 aromatic carbocycles. The molecule has 1 atom stereocenters. The summed E-state index contributed by atoms with van der Waals surface area (Å²) in [6.45, 7) is 3.51. The normalized spacial score (nSPS) is 14.0. The Hall–Kier alpha value is -2.82. The summed E-state index contributed by atoms with van der Waals surface area (Å²) in [5, 5.41) is 2.86. The second-order valence-electron chi connectivity index (χ2n) is 6.82. The monoisotopic (exact) mass is 367 g/mol. The van der Waals surface area contributed by atoms with E-state index in [9.17, 15) is 9.59 Å². The van der Waals surface area contributed by atoms with E-state index >= 15 is 0 Å². The molecule has 1 N–H and O–H groups in total. The van der Waals surface area contributed by atoms with E-state index in [1.807, 2.05) is 12.1 Å². The Balaban J connectivity index is 1.73. The highest BCUT2D eigenvalue weighted by atomic mass is 16.5. The minimum absolute atomic E-state index is 0.256. The molecule has 0 spiro atoms. The van der Waals surface area contributed by atoms with Crippen molar-refractivity contribution >= 4 is 17.6 Å². The van der Waals surface area contributed by atoms with E-state index in [1.54, 1.807) is 32.0 Å². The van der Waals surface area contributed by atoms with Gasteiger partial charge in [-0.25, -0.2) is 4.79 Å². The molecule has 1 amide bonds. The number of nitrogens with one attached hydrogen (secondary N) is 1. The maximum Gasteiger partial charge on any atom is 0.338 e. The molecular formula is C22H25NO4. The van der Waals surface area contributed by atoms with Gasteiger partial charge in [0.15, 0.2) is 6.10 Å². The molecule has 0 fully saturated rings. The standard InChI is InChI=1S/C22H25NO4/c1-14-17(22(25)26-3)11-7-12-19(14)23-21(24)15(2)27-20-13-6-9-16-8-4-5-10-18(16)20/h6-7,9,11-13,15H,4-5,8,10H2,1-3H3,(H,23,24)/t15-/m0/s1. The number of carbonyl (C=O) groups is 2. The first kappa shape index (κ1) is 19.0. The van der Waals surface area contributed by atoms with Crippen LogP contribution in [0.3, 0.4) is 0 Å². The molecular weight excluding hydrogens is 342 g/mol. The van der Waals surface area contributed by atoms with Crippen LogP contribution in [0.1, 0.15) is 46.8 Å². The Morgan fingerprint density at radius 1 is 1.07 bits per heavy atom. The molecule has 2 aromatic rings. The summed E-state index contributed by atoms with van der Waals surface area (Å²) >= 11 is 0. The number of hydrogen-bond acceptors (Lipinski definition) is 4. The van der Waals surface area contributed by atoms with Crippen molar-refractivity contribution in [1.82, 2.24) is 0 Å². The molecule has 0 bridgehead atoms. The highest BCUT2D eigenvalue weighted by molar-refractivity contribution is 5.98. The predicted molar refractivity (Wildman–Crippen MR) is 104 cm³/mol. The topological polar surface area (TPSA) is 64.6 Å². The van der Waals surface area contributed by atoms with Gasteiger partial charge in [-0.2, -0.15) is 0 Å². The van der Waals surface area contributed by atoms with Crippen LogP contribution in [0.4, 0.5) is 5.69 Å². The highest BCUT2D eigenvalue weighted by Crippen LogP contribution is 2.30. The van der Waals surface area contributed by atoms with Gasteiger partial charge in [0.05, 0.1) is 12.7 Å². The summed E-state index contributed by atoms with van der Waals surface area (Å²) < 4.78 is 10.8. The summed E-state index contributed by atoms with van der Waals surface area (Å²) in [7, 11) is 1.34. The van der Waals surface area contributed by atoms with E-state index in [0.717, 1.165) is 25.0 Å². The highest BCUT2D eigenvalue weighted by Gasteiger charge is 2.21. The first-order valence-corrected chi connectivity index (χ1v) is 9.27. The number of methoxy groups -OCH3 is 1. The average molecular weight is 367 g/mol. The number of fused-ring (bicyclic) bond motifs is 1. The molecule has 1 aliphatic carbocycles. The smallest absolute Gasteiger partial charge is 0.338 e. The number of ether oxygens (including phenoxy) is 2. The van der Waals surface area contributed by atoms with E-state index in [4.69, 9.17) is 9.47 Å². The van der Waals surface area contributed by atoms with Crippen molar-refractivity contribution in [2.24, 2.45) is 0 Å². The van der Waals surface area contributed by atoms with Crippen LogP contribution >= 0.6 is 0 Å². The van der Waals surface area contributed by atoms with Crippen LogP contribution in [0.15, 0.2) is 36.4 Å². The van der Waals surface area contributed by atoms with Crippen molar-refractivity contribution in [3.63, 3.8) is 0 Å². The number of rotatable bonds is 5. The molecule has 5 heteroatoms. The predicted octanol–water partition coefficient (Wildman–Crippen LogP) is 4.07. The zero-order valence-electron chi connectivity index (χ0n) is 16.0. The van der Waals surface area contributed by atoms with Crippen LogP contribution in [0, 0.1) is 6.92 Å². The van der Waals surface area contributed by atoms with Crippen molar-refractivity contribution in [3.8, 4) is 5.75 Å². The molecule has 0 heterocycles. The van der Waals surface area contributed by atoms with Crippen LogP contribution in [0.2, 0.25) is 0 Å². The summed E-state index contributed by atoms with van der Waals surface area (Å²) in [6, 6.07) is 11.2. The molecule has 1 aliphatic rings. The molecule has 0 saturated carbocycles. The lowest BCUT2D eigenvalue weighted by Crippen LogP contribution is -2.31. The number of benzene rings is 2. The van der Waals surface area contributed by atoms with Crippen molar-refractivity contribution in [2.75, 3.05) is 12.4 Å². The van der Waals surface area contributed by atoms with E-state index in [1.165, 1.54) is 24.7 Å². The number of amides is 1. The third-order valence-corrected chi connectivity index (χ3v) is 5.02. The fourth-order valence-electron chi connectivity index (χ4n) is 3.44. The minimum Gasteiger partial charge on any atom is -0.481 e. The Bertz CT molecular complexity index is 859. The lowest BCUT2D eigenvalue weighted by atomic mass is 9.91.